The van der Waals surface area contributed by atoms with Crippen LogP contribution in [0.1, 0.15) is 22.8 Å². The van der Waals surface area contributed by atoms with Crippen LogP contribution in [0.15, 0.2) is 47.5 Å². The van der Waals surface area contributed by atoms with E-state index in [0.29, 0.717) is 22.4 Å². The molecular formula is C17H13Cl2N5. The number of aromatic nitrogens is 3. The van der Waals surface area contributed by atoms with E-state index in [1.165, 1.54) is 0 Å². The van der Waals surface area contributed by atoms with E-state index in [4.69, 9.17) is 33.9 Å². The van der Waals surface area contributed by atoms with Crippen LogP contribution in [0.2, 0.25) is 10.0 Å². The number of nitrogens with two attached hydrogens (primary N) is 1. The maximum atomic E-state index is 6.39. The number of hydrogen-bond donors (Lipinski definition) is 1. The predicted octanol–water partition coefficient (Wildman–Crippen LogP) is 3.38. The third-order valence-electron chi connectivity index (χ3n) is 3.94. The molecule has 1 aromatic heterocycles. The topological polar surface area (TPSA) is 69.1 Å². The molecule has 0 unspecified atom stereocenters. The second kappa shape index (κ2) is 6.02. The van der Waals surface area contributed by atoms with Crippen molar-refractivity contribution in [2.24, 2.45) is 10.7 Å². The van der Waals surface area contributed by atoms with Crippen molar-refractivity contribution in [3.05, 3.63) is 75.3 Å². The number of rotatable bonds is 2. The first-order valence-electron chi connectivity index (χ1n) is 7.42. The molecule has 1 aliphatic rings. The zero-order valence-corrected chi connectivity index (χ0v) is 14.1. The second-order valence-corrected chi connectivity index (χ2v) is 6.22. The van der Waals surface area contributed by atoms with Gasteiger partial charge in [0.2, 0.25) is 0 Å². The molecule has 7 heteroatoms. The Labute approximate surface area is 148 Å². The Balaban J connectivity index is 2.01. The lowest BCUT2D eigenvalue weighted by Crippen LogP contribution is -2.12. The Morgan fingerprint density at radius 1 is 1.04 bits per heavy atom. The summed E-state index contributed by atoms with van der Waals surface area (Å²) in [5.74, 6) is 1.42. The largest absolute Gasteiger partial charge is 0.324 e. The SMILES string of the molecule is NCc1nnc2n1-c1ccc(Cl)cc1C(c1ccccc1Cl)=NC2. The molecule has 3 aromatic rings. The highest BCUT2D eigenvalue weighted by atomic mass is 35.5. The van der Waals surface area contributed by atoms with E-state index in [0.717, 1.165) is 28.4 Å². The van der Waals surface area contributed by atoms with Crippen LogP contribution in [0, 0.1) is 0 Å². The van der Waals surface area contributed by atoms with Crippen molar-refractivity contribution in [3.63, 3.8) is 0 Å². The molecule has 0 fully saturated rings. The Morgan fingerprint density at radius 2 is 1.88 bits per heavy atom. The predicted molar refractivity (Wildman–Crippen MR) is 95.1 cm³/mol. The summed E-state index contributed by atoms with van der Waals surface area (Å²) in [5, 5.41) is 9.64. The number of fused-ring (bicyclic) bond motifs is 3. The quantitative estimate of drug-likeness (QED) is 0.764. The number of hydrogen-bond acceptors (Lipinski definition) is 4. The highest BCUT2D eigenvalue weighted by molar-refractivity contribution is 6.36. The number of nitrogens with zero attached hydrogens (tertiary/aromatic N) is 4. The number of aliphatic imine (C=N–C) groups is 1. The fraction of sp³-hybridized carbons (Fsp3) is 0.118. The number of halogens is 2. The van der Waals surface area contributed by atoms with Gasteiger partial charge < -0.3 is 5.73 Å². The summed E-state index contributed by atoms with van der Waals surface area (Å²) in [6, 6.07) is 13.3. The van der Waals surface area contributed by atoms with Gasteiger partial charge in [-0.05, 0) is 24.3 Å². The minimum Gasteiger partial charge on any atom is -0.324 e. The van der Waals surface area contributed by atoms with Gasteiger partial charge in [-0.1, -0.05) is 41.4 Å². The standard InChI is InChI=1S/C17H13Cl2N5/c18-10-5-6-14-12(7-10)17(11-3-1-2-4-13(11)19)21-9-16-23-22-15(8-20)24(14)16/h1-7H,8-9,20H2. The summed E-state index contributed by atoms with van der Waals surface area (Å²) in [6.07, 6.45) is 0. The summed E-state index contributed by atoms with van der Waals surface area (Å²) < 4.78 is 1.94. The highest BCUT2D eigenvalue weighted by Crippen LogP contribution is 2.30. The molecule has 0 atom stereocenters. The lowest BCUT2D eigenvalue weighted by molar-refractivity contribution is 0.828. The third kappa shape index (κ3) is 2.41. The molecule has 120 valence electrons. The van der Waals surface area contributed by atoms with Gasteiger partial charge in [-0.15, -0.1) is 10.2 Å². The summed E-state index contributed by atoms with van der Waals surface area (Å²) >= 11 is 12.6. The van der Waals surface area contributed by atoms with E-state index in [-0.39, 0.29) is 6.54 Å². The Hall–Kier alpha value is -2.21. The van der Waals surface area contributed by atoms with Crippen molar-refractivity contribution in [3.8, 4) is 5.69 Å². The summed E-state index contributed by atoms with van der Waals surface area (Å²) in [7, 11) is 0. The first kappa shape index (κ1) is 15.3. The maximum absolute atomic E-state index is 6.39. The van der Waals surface area contributed by atoms with E-state index >= 15 is 0 Å². The summed E-state index contributed by atoms with van der Waals surface area (Å²) in [6.45, 7) is 0.677. The van der Waals surface area contributed by atoms with Gasteiger partial charge in [0.25, 0.3) is 0 Å². The molecule has 0 bridgehead atoms. The molecule has 2 aromatic carbocycles. The van der Waals surface area contributed by atoms with E-state index < -0.39 is 0 Å². The molecule has 0 radical (unpaired) electrons. The van der Waals surface area contributed by atoms with E-state index in [1.54, 1.807) is 0 Å². The minimum atomic E-state index is 0.288. The zero-order valence-electron chi connectivity index (χ0n) is 12.6. The Morgan fingerprint density at radius 3 is 2.67 bits per heavy atom. The molecule has 2 N–H and O–H groups in total. The van der Waals surface area contributed by atoms with Crippen molar-refractivity contribution in [1.29, 1.82) is 0 Å². The molecule has 5 nitrogen and oxygen atoms in total. The lowest BCUT2D eigenvalue weighted by Gasteiger charge is -2.14. The Bertz CT molecular complexity index is 961. The van der Waals surface area contributed by atoms with Crippen LogP contribution in [0.4, 0.5) is 0 Å². The van der Waals surface area contributed by atoms with Gasteiger partial charge in [0, 0.05) is 21.2 Å². The minimum absolute atomic E-state index is 0.288. The van der Waals surface area contributed by atoms with Gasteiger partial charge in [-0.3, -0.25) is 9.56 Å². The molecule has 0 saturated carbocycles. The zero-order chi connectivity index (χ0) is 16.7. The monoisotopic (exact) mass is 357 g/mol. The molecule has 0 spiro atoms. The third-order valence-corrected chi connectivity index (χ3v) is 4.51. The van der Waals surface area contributed by atoms with Crippen molar-refractivity contribution >= 4 is 28.9 Å². The van der Waals surface area contributed by atoms with Crippen LogP contribution >= 0.6 is 23.2 Å². The van der Waals surface area contributed by atoms with E-state index in [1.807, 2.05) is 47.0 Å². The van der Waals surface area contributed by atoms with Crippen molar-refractivity contribution < 1.29 is 0 Å². The van der Waals surface area contributed by atoms with Gasteiger partial charge in [0.1, 0.15) is 6.54 Å². The van der Waals surface area contributed by atoms with Crippen LogP contribution in [0.5, 0.6) is 0 Å². The van der Waals surface area contributed by atoms with Gasteiger partial charge in [0.05, 0.1) is 17.9 Å². The van der Waals surface area contributed by atoms with Gasteiger partial charge >= 0.3 is 0 Å². The molecule has 0 saturated heterocycles. The molecule has 24 heavy (non-hydrogen) atoms. The number of benzene rings is 2. The molecular weight excluding hydrogens is 345 g/mol. The average Bonchev–Trinajstić information content (AvgIpc) is 2.93. The van der Waals surface area contributed by atoms with Gasteiger partial charge in [0.15, 0.2) is 11.6 Å². The van der Waals surface area contributed by atoms with Gasteiger partial charge in [-0.2, -0.15) is 0 Å². The molecule has 0 aliphatic carbocycles. The van der Waals surface area contributed by atoms with Crippen molar-refractivity contribution in [2.75, 3.05) is 0 Å². The van der Waals surface area contributed by atoms with Crippen LogP contribution in [-0.2, 0) is 13.1 Å². The first-order chi connectivity index (χ1) is 11.7. The smallest absolute Gasteiger partial charge is 0.159 e. The second-order valence-electron chi connectivity index (χ2n) is 5.38. The van der Waals surface area contributed by atoms with E-state index in [2.05, 4.69) is 10.2 Å². The molecule has 2 heterocycles. The summed E-state index contributed by atoms with van der Waals surface area (Å²) in [4.78, 5) is 4.74. The van der Waals surface area contributed by atoms with Crippen LogP contribution < -0.4 is 5.73 Å². The van der Waals surface area contributed by atoms with Gasteiger partial charge in [-0.25, -0.2) is 0 Å². The van der Waals surface area contributed by atoms with Crippen molar-refractivity contribution in [2.45, 2.75) is 13.1 Å². The highest BCUT2D eigenvalue weighted by Gasteiger charge is 2.23. The van der Waals surface area contributed by atoms with Crippen LogP contribution in [0.25, 0.3) is 5.69 Å². The average molecular weight is 358 g/mol. The maximum Gasteiger partial charge on any atom is 0.159 e. The molecule has 1 aliphatic heterocycles. The van der Waals surface area contributed by atoms with Crippen molar-refractivity contribution in [1.82, 2.24) is 14.8 Å². The summed E-state index contributed by atoms with van der Waals surface area (Å²) in [5.41, 5.74) is 9.24. The molecule has 0 amide bonds. The Kier molecular flexibility index (Phi) is 3.84. The fourth-order valence-electron chi connectivity index (χ4n) is 2.88. The lowest BCUT2D eigenvalue weighted by atomic mass is 10.0. The fourth-order valence-corrected chi connectivity index (χ4v) is 3.28. The first-order valence-corrected chi connectivity index (χ1v) is 8.17. The van der Waals surface area contributed by atoms with E-state index in [9.17, 15) is 0 Å². The molecule has 4 rings (SSSR count). The van der Waals surface area contributed by atoms with Crippen LogP contribution in [0.3, 0.4) is 0 Å². The van der Waals surface area contributed by atoms with Crippen LogP contribution in [-0.4, -0.2) is 20.5 Å². The normalized spacial score (nSPS) is 13.0.